The molecule has 1 aliphatic rings. The fraction of sp³-hybridized carbons (Fsp3) is 0.438. The summed E-state index contributed by atoms with van der Waals surface area (Å²) in [7, 11) is -3.04. The molecular weight excluding hydrogens is 350 g/mol. The number of thiophene rings is 2. The maximum atomic E-state index is 12.8. The van der Waals surface area contributed by atoms with Crippen molar-refractivity contribution in [2.75, 3.05) is 18.1 Å². The van der Waals surface area contributed by atoms with Crippen molar-refractivity contribution in [3.05, 3.63) is 44.8 Å². The van der Waals surface area contributed by atoms with Gasteiger partial charge in [-0.3, -0.25) is 4.79 Å². The highest BCUT2D eigenvalue weighted by atomic mass is 32.2. The van der Waals surface area contributed by atoms with Crippen LogP contribution < -0.4 is 0 Å². The largest absolute Gasteiger partial charge is 0.337 e. The van der Waals surface area contributed by atoms with Gasteiger partial charge in [0.2, 0.25) is 5.91 Å². The smallest absolute Gasteiger partial charge is 0.227 e. The topological polar surface area (TPSA) is 54.5 Å². The van der Waals surface area contributed by atoms with E-state index in [0.717, 1.165) is 11.3 Å². The lowest BCUT2D eigenvalue weighted by Gasteiger charge is -2.24. The minimum Gasteiger partial charge on any atom is -0.337 e. The predicted molar refractivity (Wildman–Crippen MR) is 94.5 cm³/mol. The average molecular weight is 370 g/mol. The molecule has 0 radical (unpaired) electrons. The van der Waals surface area contributed by atoms with Gasteiger partial charge in [0.15, 0.2) is 9.84 Å². The first-order valence-corrected chi connectivity index (χ1v) is 11.2. The van der Waals surface area contributed by atoms with Crippen molar-refractivity contribution < 1.29 is 13.2 Å². The van der Waals surface area contributed by atoms with Crippen LogP contribution in [0.5, 0.6) is 0 Å². The summed E-state index contributed by atoms with van der Waals surface area (Å²) in [6.45, 7) is 1.20. The zero-order chi connectivity index (χ0) is 16.3. The molecule has 3 heterocycles. The Morgan fingerprint density at radius 3 is 2.43 bits per heavy atom. The molecule has 1 aliphatic heterocycles. The molecule has 0 saturated carbocycles. The zero-order valence-electron chi connectivity index (χ0n) is 12.7. The molecule has 0 N–H and O–H groups in total. The number of sulfone groups is 1. The molecule has 2 aromatic rings. The second-order valence-electron chi connectivity index (χ2n) is 5.77. The molecule has 0 aliphatic carbocycles. The molecule has 0 aromatic carbocycles. The second-order valence-corrected chi connectivity index (χ2v) is 10.1. The number of nitrogens with zero attached hydrogens (tertiary/aromatic N) is 1. The Bertz CT molecular complexity index is 736. The molecule has 0 bridgehead atoms. The van der Waals surface area contributed by atoms with Gasteiger partial charge in [-0.1, -0.05) is 12.1 Å². The Labute approximate surface area is 144 Å². The Morgan fingerprint density at radius 1 is 1.17 bits per heavy atom. The van der Waals surface area contributed by atoms with E-state index in [0.29, 0.717) is 19.5 Å². The quantitative estimate of drug-likeness (QED) is 0.787. The van der Waals surface area contributed by atoms with Gasteiger partial charge in [0.1, 0.15) is 0 Å². The fourth-order valence-electron chi connectivity index (χ4n) is 2.81. The van der Waals surface area contributed by atoms with Gasteiger partial charge in [-0.05, 0) is 35.7 Å². The van der Waals surface area contributed by atoms with E-state index in [2.05, 4.69) is 6.07 Å². The van der Waals surface area contributed by atoms with Crippen molar-refractivity contribution in [2.45, 2.75) is 19.4 Å². The standard InChI is InChI=1S/C16H19NO3S3/c18-16(13-6-10-23(19,20)12-13)17(11-15-4-2-9-22-15)7-5-14-3-1-8-21-14/h1-4,8-9,13H,5-7,10-12H2. The first-order chi connectivity index (χ1) is 11.0. The third kappa shape index (κ3) is 4.43. The number of carbonyl (C=O) groups is 1. The van der Waals surface area contributed by atoms with E-state index in [1.54, 1.807) is 22.7 Å². The number of hydrogen-bond donors (Lipinski definition) is 0. The highest BCUT2D eigenvalue weighted by Crippen LogP contribution is 2.23. The average Bonchev–Trinajstić information content (AvgIpc) is 3.24. The van der Waals surface area contributed by atoms with Crippen molar-refractivity contribution in [3.8, 4) is 0 Å². The second kappa shape index (κ2) is 7.15. The van der Waals surface area contributed by atoms with Gasteiger partial charge >= 0.3 is 0 Å². The summed E-state index contributed by atoms with van der Waals surface area (Å²) in [4.78, 5) is 17.0. The van der Waals surface area contributed by atoms with Crippen LogP contribution in [0.25, 0.3) is 0 Å². The summed E-state index contributed by atoms with van der Waals surface area (Å²) in [6.07, 6.45) is 1.27. The Balaban J connectivity index is 1.69. The predicted octanol–water partition coefficient (Wildman–Crippen LogP) is 2.82. The summed E-state index contributed by atoms with van der Waals surface area (Å²) in [6, 6.07) is 8.07. The summed E-state index contributed by atoms with van der Waals surface area (Å²) in [5, 5.41) is 4.03. The molecule has 1 atom stereocenters. The first-order valence-electron chi connectivity index (χ1n) is 7.57. The van der Waals surface area contributed by atoms with E-state index in [-0.39, 0.29) is 23.3 Å². The Hall–Kier alpha value is -1.18. The number of hydrogen-bond acceptors (Lipinski definition) is 5. The summed E-state index contributed by atoms with van der Waals surface area (Å²) in [5.74, 6) is -0.244. The Morgan fingerprint density at radius 2 is 1.87 bits per heavy atom. The van der Waals surface area contributed by atoms with Crippen molar-refractivity contribution in [1.29, 1.82) is 0 Å². The molecule has 0 spiro atoms. The summed E-state index contributed by atoms with van der Waals surface area (Å²) in [5.41, 5.74) is 0. The van der Waals surface area contributed by atoms with E-state index >= 15 is 0 Å². The van der Waals surface area contributed by atoms with Crippen LogP contribution in [0.3, 0.4) is 0 Å². The van der Waals surface area contributed by atoms with E-state index in [1.165, 1.54) is 4.88 Å². The molecule has 124 valence electrons. The molecule has 1 fully saturated rings. The van der Waals surface area contributed by atoms with Gasteiger partial charge in [-0.15, -0.1) is 22.7 Å². The number of amides is 1. The van der Waals surface area contributed by atoms with Gasteiger partial charge in [0.05, 0.1) is 24.0 Å². The first kappa shape index (κ1) is 16.7. The fourth-order valence-corrected chi connectivity index (χ4v) is 5.96. The van der Waals surface area contributed by atoms with Crippen LogP contribution in [0, 0.1) is 5.92 Å². The molecule has 1 amide bonds. The maximum Gasteiger partial charge on any atom is 0.227 e. The van der Waals surface area contributed by atoms with Gasteiger partial charge in [-0.2, -0.15) is 0 Å². The minimum absolute atomic E-state index is 0.00573. The van der Waals surface area contributed by atoms with E-state index < -0.39 is 9.84 Å². The van der Waals surface area contributed by atoms with Gasteiger partial charge < -0.3 is 4.90 Å². The van der Waals surface area contributed by atoms with E-state index in [9.17, 15) is 13.2 Å². The molecule has 4 nitrogen and oxygen atoms in total. The maximum absolute atomic E-state index is 12.8. The van der Waals surface area contributed by atoms with E-state index in [1.807, 2.05) is 33.9 Å². The van der Waals surface area contributed by atoms with Crippen LogP contribution in [0.15, 0.2) is 35.0 Å². The van der Waals surface area contributed by atoms with Crippen molar-refractivity contribution in [2.24, 2.45) is 5.92 Å². The van der Waals surface area contributed by atoms with E-state index in [4.69, 9.17) is 0 Å². The van der Waals surface area contributed by atoms with Crippen molar-refractivity contribution >= 4 is 38.4 Å². The monoisotopic (exact) mass is 369 g/mol. The summed E-state index contributed by atoms with van der Waals surface area (Å²) >= 11 is 3.31. The van der Waals surface area contributed by atoms with Crippen LogP contribution in [-0.4, -0.2) is 37.3 Å². The van der Waals surface area contributed by atoms with Crippen LogP contribution in [0.1, 0.15) is 16.2 Å². The number of rotatable bonds is 6. The normalized spacial score (nSPS) is 19.7. The third-order valence-electron chi connectivity index (χ3n) is 4.03. The number of carbonyl (C=O) groups excluding carboxylic acids is 1. The lowest BCUT2D eigenvalue weighted by Crippen LogP contribution is -2.37. The Kier molecular flexibility index (Phi) is 5.18. The molecule has 1 unspecified atom stereocenters. The minimum atomic E-state index is -3.04. The SMILES string of the molecule is O=C(C1CCS(=O)(=O)C1)N(CCc1cccs1)Cc1cccs1. The summed E-state index contributed by atoms with van der Waals surface area (Å²) < 4.78 is 23.3. The lowest BCUT2D eigenvalue weighted by molar-refractivity contribution is -0.135. The highest BCUT2D eigenvalue weighted by Gasteiger charge is 2.35. The van der Waals surface area contributed by atoms with Crippen LogP contribution in [-0.2, 0) is 27.6 Å². The van der Waals surface area contributed by atoms with Crippen LogP contribution in [0.2, 0.25) is 0 Å². The molecule has 1 saturated heterocycles. The molecule has 23 heavy (non-hydrogen) atoms. The third-order valence-corrected chi connectivity index (χ3v) is 7.59. The van der Waals surface area contributed by atoms with Gasteiger partial charge in [0.25, 0.3) is 0 Å². The molecule has 3 rings (SSSR count). The molecule has 2 aromatic heterocycles. The zero-order valence-corrected chi connectivity index (χ0v) is 15.1. The van der Waals surface area contributed by atoms with Crippen LogP contribution in [0.4, 0.5) is 0 Å². The lowest BCUT2D eigenvalue weighted by atomic mass is 10.1. The molecule has 7 heteroatoms. The molecular formula is C16H19NO3S3. The van der Waals surface area contributed by atoms with Gasteiger partial charge in [-0.25, -0.2) is 8.42 Å². The van der Waals surface area contributed by atoms with Crippen molar-refractivity contribution in [3.63, 3.8) is 0 Å². The highest BCUT2D eigenvalue weighted by molar-refractivity contribution is 7.91. The van der Waals surface area contributed by atoms with Gasteiger partial charge in [0, 0.05) is 16.3 Å². The van der Waals surface area contributed by atoms with Crippen LogP contribution >= 0.6 is 22.7 Å². The van der Waals surface area contributed by atoms with Crippen molar-refractivity contribution in [1.82, 2.24) is 4.90 Å².